The minimum absolute atomic E-state index is 0.361. The second kappa shape index (κ2) is 6.12. The summed E-state index contributed by atoms with van der Waals surface area (Å²) in [6.07, 6.45) is 0. The lowest BCUT2D eigenvalue weighted by Crippen LogP contribution is -2.37. The van der Waals surface area contributed by atoms with Gasteiger partial charge < -0.3 is 10.2 Å². The zero-order valence-corrected chi connectivity index (χ0v) is 12.9. The maximum atomic E-state index is 11.4. The van der Waals surface area contributed by atoms with Crippen molar-refractivity contribution in [2.75, 3.05) is 36.0 Å². The van der Waals surface area contributed by atoms with Gasteiger partial charge in [0.15, 0.2) is 5.13 Å². The largest absolute Gasteiger partial charge is 0.346 e. The molecule has 1 N–H and O–H groups in total. The number of thiazole rings is 1. The highest BCUT2D eigenvalue weighted by Crippen LogP contribution is 2.31. The van der Waals surface area contributed by atoms with Gasteiger partial charge >= 0.3 is 0 Å². The van der Waals surface area contributed by atoms with Gasteiger partial charge in [-0.2, -0.15) is 0 Å². The van der Waals surface area contributed by atoms with Crippen molar-refractivity contribution < 1.29 is 4.21 Å². The minimum Gasteiger partial charge on any atom is -0.346 e. The minimum atomic E-state index is -0.622. The van der Waals surface area contributed by atoms with Crippen molar-refractivity contribution in [1.82, 2.24) is 10.3 Å². The summed E-state index contributed by atoms with van der Waals surface area (Å²) < 4.78 is 11.4. The van der Waals surface area contributed by atoms with E-state index in [1.807, 2.05) is 0 Å². The maximum absolute atomic E-state index is 11.4. The van der Waals surface area contributed by atoms with Crippen LogP contribution in [0.1, 0.15) is 30.5 Å². The molecule has 0 aromatic carbocycles. The summed E-state index contributed by atoms with van der Waals surface area (Å²) in [6, 6.07) is 0.361. The normalized spacial score (nSPS) is 19.2. The molecule has 1 fully saturated rings. The van der Waals surface area contributed by atoms with Gasteiger partial charge in [-0.3, -0.25) is 4.21 Å². The highest BCUT2D eigenvalue weighted by Gasteiger charge is 2.21. The average molecular weight is 287 g/mol. The zero-order valence-electron chi connectivity index (χ0n) is 11.2. The van der Waals surface area contributed by atoms with Crippen LogP contribution in [0.15, 0.2) is 0 Å². The van der Waals surface area contributed by atoms with Gasteiger partial charge in [-0.05, 0) is 20.4 Å². The number of hydrogen-bond acceptors (Lipinski definition) is 5. The first kappa shape index (κ1) is 14.0. The summed E-state index contributed by atoms with van der Waals surface area (Å²) in [5.74, 6) is 1.55. The van der Waals surface area contributed by atoms with Crippen LogP contribution in [0.5, 0.6) is 0 Å². The predicted molar refractivity (Wildman–Crippen MR) is 79.0 cm³/mol. The number of nitrogens with zero attached hydrogens (tertiary/aromatic N) is 2. The highest BCUT2D eigenvalue weighted by atomic mass is 32.2. The van der Waals surface area contributed by atoms with Crippen LogP contribution in [0.2, 0.25) is 0 Å². The van der Waals surface area contributed by atoms with E-state index in [0.717, 1.165) is 42.0 Å². The Balaban J connectivity index is 2.10. The van der Waals surface area contributed by atoms with Crippen LogP contribution < -0.4 is 10.2 Å². The monoisotopic (exact) mass is 287 g/mol. The van der Waals surface area contributed by atoms with Crippen molar-refractivity contribution in [3.63, 3.8) is 0 Å². The smallest absolute Gasteiger partial charge is 0.185 e. The first-order valence-electron chi connectivity index (χ1n) is 6.42. The molecule has 1 aliphatic heterocycles. The number of anilines is 1. The van der Waals surface area contributed by atoms with Crippen LogP contribution in [0.4, 0.5) is 5.13 Å². The standard InChI is InChI=1S/C12H21N3OS2/c1-4-13-9(2)11-10(3)14-12(17-11)15-5-7-18(16)8-6-15/h9,13H,4-8H2,1-3H3. The first-order valence-corrected chi connectivity index (χ1v) is 8.73. The molecule has 18 heavy (non-hydrogen) atoms. The molecule has 1 aromatic heterocycles. The van der Waals surface area contributed by atoms with E-state index in [9.17, 15) is 4.21 Å². The molecule has 4 nitrogen and oxygen atoms in total. The van der Waals surface area contributed by atoms with Crippen LogP contribution in [0, 0.1) is 6.92 Å². The SMILES string of the molecule is CCNC(C)c1sc(N2CCS(=O)CC2)nc1C. The highest BCUT2D eigenvalue weighted by molar-refractivity contribution is 7.85. The van der Waals surface area contributed by atoms with E-state index in [1.54, 1.807) is 11.3 Å². The fraction of sp³-hybridized carbons (Fsp3) is 0.750. The van der Waals surface area contributed by atoms with E-state index in [1.165, 1.54) is 4.88 Å². The number of aromatic nitrogens is 1. The van der Waals surface area contributed by atoms with E-state index in [0.29, 0.717) is 6.04 Å². The third-order valence-electron chi connectivity index (χ3n) is 3.17. The topological polar surface area (TPSA) is 45.2 Å². The summed E-state index contributed by atoms with van der Waals surface area (Å²) in [7, 11) is -0.622. The molecule has 1 unspecified atom stereocenters. The molecule has 2 rings (SSSR count). The van der Waals surface area contributed by atoms with Gasteiger partial charge in [-0.1, -0.05) is 6.92 Å². The molecular weight excluding hydrogens is 266 g/mol. The molecule has 1 aliphatic rings. The maximum Gasteiger partial charge on any atom is 0.185 e. The van der Waals surface area contributed by atoms with Gasteiger partial charge in [0, 0.05) is 46.3 Å². The molecule has 1 saturated heterocycles. The first-order chi connectivity index (χ1) is 8.61. The Morgan fingerprint density at radius 2 is 2.17 bits per heavy atom. The third kappa shape index (κ3) is 3.10. The fourth-order valence-electron chi connectivity index (χ4n) is 2.16. The number of aryl methyl sites for hydroxylation is 1. The molecule has 1 atom stereocenters. The van der Waals surface area contributed by atoms with Gasteiger partial charge in [-0.15, -0.1) is 11.3 Å². The van der Waals surface area contributed by atoms with Crippen molar-refractivity contribution in [1.29, 1.82) is 0 Å². The van der Waals surface area contributed by atoms with Gasteiger partial charge in [0.1, 0.15) is 0 Å². The summed E-state index contributed by atoms with van der Waals surface area (Å²) in [5, 5.41) is 4.52. The van der Waals surface area contributed by atoms with Crippen molar-refractivity contribution in [3.05, 3.63) is 10.6 Å². The Labute approximate surface area is 115 Å². The fourth-order valence-corrected chi connectivity index (χ4v) is 4.36. The summed E-state index contributed by atoms with van der Waals surface area (Å²) >= 11 is 1.77. The molecule has 0 radical (unpaired) electrons. The predicted octanol–water partition coefficient (Wildman–Crippen LogP) is 1.69. The van der Waals surface area contributed by atoms with Crippen molar-refractivity contribution in [3.8, 4) is 0 Å². The average Bonchev–Trinajstić information content (AvgIpc) is 2.72. The van der Waals surface area contributed by atoms with Gasteiger partial charge in [0.25, 0.3) is 0 Å². The van der Waals surface area contributed by atoms with Gasteiger partial charge in [-0.25, -0.2) is 4.98 Å². The van der Waals surface area contributed by atoms with E-state index in [2.05, 4.69) is 36.0 Å². The van der Waals surface area contributed by atoms with Crippen LogP contribution in [-0.4, -0.2) is 40.3 Å². The van der Waals surface area contributed by atoms with Crippen LogP contribution in [0.3, 0.4) is 0 Å². The Kier molecular flexibility index (Phi) is 4.75. The number of nitrogens with one attached hydrogen (secondary N) is 1. The Morgan fingerprint density at radius 1 is 1.50 bits per heavy atom. The lowest BCUT2D eigenvalue weighted by molar-refractivity contribution is 0.603. The molecule has 102 valence electrons. The van der Waals surface area contributed by atoms with Gasteiger partial charge in [0.2, 0.25) is 0 Å². The molecule has 0 spiro atoms. The van der Waals surface area contributed by atoms with Crippen molar-refractivity contribution >= 4 is 27.3 Å². The molecular formula is C12H21N3OS2. The van der Waals surface area contributed by atoms with E-state index < -0.39 is 10.8 Å². The molecule has 6 heteroatoms. The third-order valence-corrected chi connectivity index (χ3v) is 5.85. The molecule has 1 aromatic rings. The lowest BCUT2D eigenvalue weighted by Gasteiger charge is -2.25. The molecule has 0 saturated carbocycles. The summed E-state index contributed by atoms with van der Waals surface area (Å²) in [5.41, 5.74) is 1.12. The number of hydrogen-bond donors (Lipinski definition) is 1. The second-order valence-corrected chi connectivity index (χ2v) is 7.27. The van der Waals surface area contributed by atoms with E-state index in [4.69, 9.17) is 0 Å². The van der Waals surface area contributed by atoms with Crippen molar-refractivity contribution in [2.24, 2.45) is 0 Å². The summed E-state index contributed by atoms with van der Waals surface area (Å²) in [6.45, 7) is 9.08. The molecule has 0 bridgehead atoms. The molecule has 0 amide bonds. The summed E-state index contributed by atoms with van der Waals surface area (Å²) in [4.78, 5) is 8.25. The Hall–Kier alpha value is -0.460. The Bertz CT molecular complexity index is 423. The Morgan fingerprint density at radius 3 is 2.78 bits per heavy atom. The lowest BCUT2D eigenvalue weighted by atomic mass is 10.2. The molecule has 0 aliphatic carbocycles. The zero-order chi connectivity index (χ0) is 13.1. The quantitative estimate of drug-likeness (QED) is 0.915. The van der Waals surface area contributed by atoms with Crippen LogP contribution in [-0.2, 0) is 10.8 Å². The number of rotatable bonds is 4. The van der Waals surface area contributed by atoms with Crippen LogP contribution in [0.25, 0.3) is 0 Å². The second-order valence-electron chi connectivity index (χ2n) is 4.56. The van der Waals surface area contributed by atoms with Gasteiger partial charge in [0.05, 0.1) is 5.69 Å². The van der Waals surface area contributed by atoms with E-state index >= 15 is 0 Å². The van der Waals surface area contributed by atoms with E-state index in [-0.39, 0.29) is 0 Å². The molecule has 2 heterocycles. The van der Waals surface area contributed by atoms with Crippen LogP contribution >= 0.6 is 11.3 Å². The van der Waals surface area contributed by atoms with Crippen molar-refractivity contribution in [2.45, 2.75) is 26.8 Å².